The van der Waals surface area contributed by atoms with Gasteiger partial charge in [0.15, 0.2) is 0 Å². The maximum atomic E-state index is 5.94. The van der Waals surface area contributed by atoms with Crippen LogP contribution in [0.1, 0.15) is 56.3 Å². The molecule has 5 heteroatoms. The molecule has 1 atom stereocenters. The molecular formula is C15H27N3OS. The summed E-state index contributed by atoms with van der Waals surface area (Å²) in [5.41, 5.74) is 7.05. The Morgan fingerprint density at radius 1 is 1.45 bits per heavy atom. The lowest BCUT2D eigenvalue weighted by molar-refractivity contribution is -0.0403. The molecule has 0 aliphatic carbocycles. The van der Waals surface area contributed by atoms with Crippen LogP contribution in [-0.4, -0.2) is 35.6 Å². The fourth-order valence-corrected chi connectivity index (χ4v) is 3.71. The molecule has 0 saturated carbocycles. The van der Waals surface area contributed by atoms with E-state index in [0.29, 0.717) is 12.6 Å². The zero-order chi connectivity index (χ0) is 14.9. The van der Waals surface area contributed by atoms with Crippen molar-refractivity contribution >= 4 is 11.3 Å². The molecule has 114 valence electrons. The van der Waals surface area contributed by atoms with Gasteiger partial charge in [0.2, 0.25) is 0 Å². The summed E-state index contributed by atoms with van der Waals surface area (Å²) in [4.78, 5) is 8.50. The highest BCUT2D eigenvalue weighted by atomic mass is 32.1. The third-order valence-corrected chi connectivity index (χ3v) is 4.88. The Hall–Kier alpha value is -0.490. The molecule has 0 spiro atoms. The molecule has 2 rings (SSSR count). The van der Waals surface area contributed by atoms with E-state index >= 15 is 0 Å². The second-order valence-corrected chi connectivity index (χ2v) is 7.84. The first-order chi connectivity index (χ1) is 9.32. The average Bonchev–Trinajstić information content (AvgIpc) is 2.83. The summed E-state index contributed by atoms with van der Waals surface area (Å²) in [6.45, 7) is 14.3. The predicted molar refractivity (Wildman–Crippen MR) is 84.1 cm³/mol. The van der Waals surface area contributed by atoms with E-state index in [-0.39, 0.29) is 11.5 Å². The first-order valence-corrected chi connectivity index (χ1v) is 8.20. The molecular weight excluding hydrogens is 270 g/mol. The molecule has 1 aromatic heterocycles. The van der Waals surface area contributed by atoms with Crippen molar-refractivity contribution in [2.75, 3.05) is 19.7 Å². The van der Waals surface area contributed by atoms with Crippen molar-refractivity contribution in [3.63, 3.8) is 0 Å². The quantitative estimate of drug-likeness (QED) is 0.932. The number of aromatic nitrogens is 1. The maximum absolute atomic E-state index is 5.94. The van der Waals surface area contributed by atoms with Gasteiger partial charge in [-0.15, -0.1) is 11.3 Å². The molecule has 0 bridgehead atoms. The van der Waals surface area contributed by atoms with Crippen molar-refractivity contribution in [2.24, 2.45) is 5.73 Å². The summed E-state index contributed by atoms with van der Waals surface area (Å²) in [6.07, 6.45) is 0.0950. The maximum Gasteiger partial charge on any atom is 0.123 e. The number of rotatable bonds is 3. The van der Waals surface area contributed by atoms with Crippen LogP contribution in [0, 0.1) is 0 Å². The van der Waals surface area contributed by atoms with Gasteiger partial charge < -0.3 is 10.5 Å². The molecule has 1 fully saturated rings. The van der Waals surface area contributed by atoms with Crippen molar-refractivity contribution in [2.45, 2.75) is 58.7 Å². The number of morpholine rings is 1. The van der Waals surface area contributed by atoms with Crippen LogP contribution in [0.3, 0.4) is 0 Å². The summed E-state index contributed by atoms with van der Waals surface area (Å²) in [7, 11) is 0. The number of nitrogens with two attached hydrogens (primary N) is 1. The van der Waals surface area contributed by atoms with Gasteiger partial charge in [-0.25, -0.2) is 4.98 Å². The minimum Gasteiger partial charge on any atom is -0.368 e. The van der Waals surface area contributed by atoms with E-state index in [1.54, 1.807) is 11.3 Å². The molecule has 1 aliphatic heterocycles. The van der Waals surface area contributed by atoms with E-state index in [1.807, 2.05) is 0 Å². The molecule has 0 aromatic carbocycles. The highest BCUT2D eigenvalue weighted by molar-refractivity contribution is 7.11. The highest BCUT2D eigenvalue weighted by Crippen LogP contribution is 2.34. The number of nitrogens with zero attached hydrogens (tertiary/aromatic N) is 2. The summed E-state index contributed by atoms with van der Waals surface area (Å²) < 4.78 is 5.94. The lowest BCUT2D eigenvalue weighted by Gasteiger charge is -2.34. The van der Waals surface area contributed by atoms with Crippen LogP contribution in [0.2, 0.25) is 0 Å². The van der Waals surface area contributed by atoms with Gasteiger partial charge in [0.25, 0.3) is 0 Å². The Labute approximate surface area is 126 Å². The summed E-state index contributed by atoms with van der Waals surface area (Å²) in [5, 5.41) is 1.08. The van der Waals surface area contributed by atoms with Gasteiger partial charge in [0.05, 0.1) is 12.3 Å². The monoisotopic (exact) mass is 297 g/mol. The summed E-state index contributed by atoms with van der Waals surface area (Å²) in [5.74, 6) is 0. The minimum absolute atomic E-state index is 0.0376. The number of hydrogen-bond acceptors (Lipinski definition) is 5. The van der Waals surface area contributed by atoms with E-state index < -0.39 is 0 Å². The van der Waals surface area contributed by atoms with E-state index in [0.717, 1.165) is 30.4 Å². The Bertz CT molecular complexity index is 450. The zero-order valence-electron chi connectivity index (χ0n) is 13.3. The topological polar surface area (TPSA) is 51.4 Å². The molecule has 0 amide bonds. The Balaban J connectivity index is 2.22. The lowest BCUT2D eigenvalue weighted by atomic mass is 9.91. The van der Waals surface area contributed by atoms with E-state index in [2.05, 4.69) is 39.5 Å². The van der Waals surface area contributed by atoms with Crippen LogP contribution in [0.4, 0.5) is 0 Å². The van der Waals surface area contributed by atoms with Crippen molar-refractivity contribution in [3.8, 4) is 0 Å². The van der Waals surface area contributed by atoms with Crippen LogP contribution in [0.15, 0.2) is 0 Å². The Morgan fingerprint density at radius 2 is 2.15 bits per heavy atom. The Kier molecular flexibility index (Phi) is 4.84. The largest absolute Gasteiger partial charge is 0.368 e. The number of thiazole rings is 1. The van der Waals surface area contributed by atoms with E-state index in [4.69, 9.17) is 15.5 Å². The van der Waals surface area contributed by atoms with Crippen LogP contribution in [0.25, 0.3) is 0 Å². The SMILES string of the molecule is CC(C)N1CCOC(c2nc(C(C)(C)C)c(CN)s2)C1. The second-order valence-electron chi connectivity index (χ2n) is 6.73. The van der Waals surface area contributed by atoms with Gasteiger partial charge in [0.1, 0.15) is 11.1 Å². The zero-order valence-corrected chi connectivity index (χ0v) is 14.1. The second kappa shape index (κ2) is 6.10. The van der Waals surface area contributed by atoms with Crippen LogP contribution in [0.5, 0.6) is 0 Å². The van der Waals surface area contributed by atoms with E-state index in [9.17, 15) is 0 Å². The van der Waals surface area contributed by atoms with Gasteiger partial charge in [-0.3, -0.25) is 4.90 Å². The van der Waals surface area contributed by atoms with Crippen molar-refractivity contribution < 1.29 is 4.74 Å². The molecule has 2 N–H and O–H groups in total. The number of ether oxygens (including phenoxy) is 1. The molecule has 20 heavy (non-hydrogen) atoms. The summed E-state index contributed by atoms with van der Waals surface area (Å²) in [6, 6.07) is 0.553. The predicted octanol–water partition coefficient (Wildman–Crippen LogP) is 2.68. The molecule has 1 unspecified atom stereocenters. The fraction of sp³-hybridized carbons (Fsp3) is 0.800. The molecule has 1 aliphatic rings. The third-order valence-electron chi connectivity index (χ3n) is 3.71. The molecule has 4 nitrogen and oxygen atoms in total. The van der Waals surface area contributed by atoms with Gasteiger partial charge in [0, 0.05) is 36.0 Å². The van der Waals surface area contributed by atoms with Crippen LogP contribution in [-0.2, 0) is 16.7 Å². The molecule has 2 heterocycles. The van der Waals surface area contributed by atoms with Crippen molar-refractivity contribution in [3.05, 3.63) is 15.6 Å². The minimum atomic E-state index is 0.0376. The first kappa shape index (κ1) is 15.9. The fourth-order valence-electron chi connectivity index (χ4n) is 2.52. The highest BCUT2D eigenvalue weighted by Gasteiger charge is 2.29. The van der Waals surface area contributed by atoms with Crippen molar-refractivity contribution in [1.82, 2.24) is 9.88 Å². The van der Waals surface area contributed by atoms with Gasteiger partial charge in [-0.05, 0) is 13.8 Å². The standard InChI is InChI=1S/C15H27N3OS/c1-10(2)18-6-7-19-11(9-18)14-17-13(15(3,4)5)12(8-16)20-14/h10-11H,6-9,16H2,1-5H3. The number of hydrogen-bond donors (Lipinski definition) is 1. The van der Waals surface area contributed by atoms with Gasteiger partial charge in [-0.2, -0.15) is 0 Å². The van der Waals surface area contributed by atoms with E-state index in [1.165, 1.54) is 4.88 Å². The molecule has 0 radical (unpaired) electrons. The van der Waals surface area contributed by atoms with Crippen LogP contribution >= 0.6 is 11.3 Å². The smallest absolute Gasteiger partial charge is 0.123 e. The summed E-state index contributed by atoms with van der Waals surface area (Å²) >= 11 is 1.72. The Morgan fingerprint density at radius 3 is 2.65 bits per heavy atom. The van der Waals surface area contributed by atoms with Crippen molar-refractivity contribution in [1.29, 1.82) is 0 Å². The van der Waals surface area contributed by atoms with Gasteiger partial charge >= 0.3 is 0 Å². The first-order valence-electron chi connectivity index (χ1n) is 7.38. The third kappa shape index (κ3) is 3.39. The average molecular weight is 297 g/mol. The normalized spacial score (nSPS) is 21.6. The molecule has 1 aromatic rings. The van der Waals surface area contributed by atoms with Crippen LogP contribution < -0.4 is 5.73 Å². The molecule has 1 saturated heterocycles. The lowest BCUT2D eigenvalue weighted by Crippen LogP contribution is -2.42. The van der Waals surface area contributed by atoms with Gasteiger partial charge in [-0.1, -0.05) is 20.8 Å².